The summed E-state index contributed by atoms with van der Waals surface area (Å²) < 4.78 is 32.2. The number of fused-ring (bicyclic) bond motifs is 1. The molecular formula is C14H18F2N4O3. The first-order chi connectivity index (χ1) is 10.9. The van der Waals surface area contributed by atoms with Gasteiger partial charge in [0, 0.05) is 32.2 Å². The van der Waals surface area contributed by atoms with Crippen molar-refractivity contribution in [1.29, 1.82) is 0 Å². The molecule has 3 rings (SSSR count). The molecule has 2 amide bonds. The second kappa shape index (κ2) is 5.88. The number of aromatic nitrogens is 2. The summed E-state index contributed by atoms with van der Waals surface area (Å²) in [5.74, 6) is -3.32. The number of carbonyl (C=O) groups excluding carboxylic acids is 2. The maximum atomic E-state index is 12.9. The zero-order valence-electron chi connectivity index (χ0n) is 12.7. The molecule has 1 atom stereocenters. The minimum absolute atomic E-state index is 0.0721. The Kier molecular flexibility index (Phi) is 4.05. The highest BCUT2D eigenvalue weighted by atomic mass is 19.3. The van der Waals surface area contributed by atoms with Crippen LogP contribution < -0.4 is 5.32 Å². The standard InChI is InChI=1S/C14H18F2N4O3/c1-23-8-12(21)19-6-10-2-3-17-20(10)11(7-19)13(22)18-9-4-14(15,16)5-9/h2-3,9,11H,4-8H2,1H3,(H,18,22). The summed E-state index contributed by atoms with van der Waals surface area (Å²) >= 11 is 0. The van der Waals surface area contributed by atoms with Crippen LogP contribution in [0.2, 0.25) is 0 Å². The monoisotopic (exact) mass is 328 g/mol. The number of amides is 2. The average Bonchev–Trinajstić information content (AvgIpc) is 2.92. The summed E-state index contributed by atoms with van der Waals surface area (Å²) in [6, 6.07) is 0.481. The lowest BCUT2D eigenvalue weighted by molar-refractivity contribution is -0.140. The number of hydrogen-bond donors (Lipinski definition) is 1. The number of nitrogens with zero attached hydrogens (tertiary/aromatic N) is 3. The predicted octanol–water partition coefficient (Wildman–Crippen LogP) is 0.327. The van der Waals surface area contributed by atoms with Gasteiger partial charge in [-0.15, -0.1) is 0 Å². The molecule has 1 unspecified atom stereocenters. The van der Waals surface area contributed by atoms with Gasteiger partial charge in [0.1, 0.15) is 12.6 Å². The van der Waals surface area contributed by atoms with Crippen LogP contribution in [-0.2, 0) is 20.9 Å². The van der Waals surface area contributed by atoms with E-state index in [-0.39, 0.29) is 31.9 Å². The Labute approximate surface area is 131 Å². The summed E-state index contributed by atoms with van der Waals surface area (Å²) in [6.45, 7) is 0.413. The van der Waals surface area contributed by atoms with Gasteiger partial charge in [0.15, 0.2) is 0 Å². The van der Waals surface area contributed by atoms with E-state index in [4.69, 9.17) is 4.74 Å². The fraction of sp³-hybridized carbons (Fsp3) is 0.643. The highest BCUT2D eigenvalue weighted by Gasteiger charge is 2.47. The molecule has 23 heavy (non-hydrogen) atoms. The van der Waals surface area contributed by atoms with Gasteiger partial charge in [-0.1, -0.05) is 0 Å². The fourth-order valence-electron chi connectivity index (χ4n) is 2.95. The molecule has 0 radical (unpaired) electrons. The normalized spacial score (nSPS) is 23.1. The fourth-order valence-corrected chi connectivity index (χ4v) is 2.95. The van der Waals surface area contributed by atoms with Crippen LogP contribution in [-0.4, -0.2) is 58.7 Å². The molecule has 126 valence electrons. The van der Waals surface area contributed by atoms with E-state index in [2.05, 4.69) is 10.4 Å². The van der Waals surface area contributed by atoms with E-state index in [1.165, 1.54) is 12.0 Å². The molecule has 1 aromatic rings. The van der Waals surface area contributed by atoms with Gasteiger partial charge in [-0.2, -0.15) is 5.10 Å². The number of hydrogen-bond acceptors (Lipinski definition) is 4. The van der Waals surface area contributed by atoms with Crippen LogP contribution in [0, 0.1) is 0 Å². The second-order valence-corrected chi connectivity index (χ2v) is 5.96. The number of nitrogens with one attached hydrogen (secondary N) is 1. The lowest BCUT2D eigenvalue weighted by Crippen LogP contribution is -2.54. The third kappa shape index (κ3) is 3.19. The van der Waals surface area contributed by atoms with Gasteiger partial charge in [-0.05, 0) is 6.07 Å². The van der Waals surface area contributed by atoms with Crippen LogP contribution in [0.4, 0.5) is 8.78 Å². The molecule has 0 bridgehead atoms. The van der Waals surface area contributed by atoms with Gasteiger partial charge in [0.25, 0.3) is 5.92 Å². The Bertz CT molecular complexity index is 611. The van der Waals surface area contributed by atoms with Crippen molar-refractivity contribution in [3.8, 4) is 0 Å². The maximum Gasteiger partial charge on any atom is 0.252 e. The van der Waals surface area contributed by atoms with Crippen molar-refractivity contribution in [2.75, 3.05) is 20.3 Å². The molecule has 2 aliphatic rings. The second-order valence-electron chi connectivity index (χ2n) is 5.96. The van der Waals surface area contributed by atoms with Gasteiger partial charge in [-0.3, -0.25) is 14.3 Å². The summed E-state index contributed by atoms with van der Waals surface area (Å²) in [7, 11) is 1.42. The predicted molar refractivity (Wildman–Crippen MR) is 74.7 cm³/mol. The Balaban J connectivity index is 1.70. The maximum absolute atomic E-state index is 12.9. The number of carbonyl (C=O) groups is 2. The summed E-state index contributed by atoms with van der Waals surface area (Å²) in [5.41, 5.74) is 0.722. The molecule has 2 heterocycles. The topological polar surface area (TPSA) is 76.5 Å². The molecule has 7 nitrogen and oxygen atoms in total. The van der Waals surface area contributed by atoms with Gasteiger partial charge >= 0.3 is 0 Å². The van der Waals surface area contributed by atoms with Crippen LogP contribution in [0.1, 0.15) is 24.6 Å². The first-order valence-corrected chi connectivity index (χ1v) is 7.37. The minimum Gasteiger partial charge on any atom is -0.375 e. The van der Waals surface area contributed by atoms with Gasteiger partial charge < -0.3 is 15.0 Å². The zero-order chi connectivity index (χ0) is 16.6. The first-order valence-electron chi connectivity index (χ1n) is 7.37. The molecule has 1 fully saturated rings. The Morgan fingerprint density at radius 1 is 1.48 bits per heavy atom. The molecule has 1 saturated carbocycles. The zero-order valence-corrected chi connectivity index (χ0v) is 12.7. The van der Waals surface area contributed by atoms with Crippen LogP contribution in [0.5, 0.6) is 0 Å². The number of halogens is 2. The van der Waals surface area contributed by atoms with E-state index in [0.717, 1.165) is 5.69 Å². The molecule has 0 spiro atoms. The Hall–Kier alpha value is -2.03. The highest BCUT2D eigenvalue weighted by molar-refractivity contribution is 5.83. The SMILES string of the molecule is COCC(=O)N1Cc2ccnn2C(C(=O)NC2CC(F)(F)C2)C1. The van der Waals surface area contributed by atoms with E-state index < -0.39 is 23.9 Å². The smallest absolute Gasteiger partial charge is 0.252 e. The van der Waals surface area contributed by atoms with E-state index in [9.17, 15) is 18.4 Å². The number of methoxy groups -OCH3 is 1. The minimum atomic E-state index is -2.69. The van der Waals surface area contributed by atoms with E-state index in [1.807, 2.05) is 0 Å². The Morgan fingerprint density at radius 3 is 2.87 bits per heavy atom. The molecule has 1 aromatic heterocycles. The van der Waals surface area contributed by atoms with E-state index in [1.54, 1.807) is 16.9 Å². The van der Waals surface area contributed by atoms with Gasteiger partial charge in [-0.25, -0.2) is 8.78 Å². The summed E-state index contributed by atoms with van der Waals surface area (Å²) in [6.07, 6.45) is 0.866. The molecule has 1 aliphatic carbocycles. The average molecular weight is 328 g/mol. The summed E-state index contributed by atoms with van der Waals surface area (Å²) in [4.78, 5) is 25.9. The van der Waals surface area contributed by atoms with Crippen molar-refractivity contribution in [3.63, 3.8) is 0 Å². The van der Waals surface area contributed by atoms with Crippen molar-refractivity contribution in [2.24, 2.45) is 0 Å². The van der Waals surface area contributed by atoms with E-state index in [0.29, 0.717) is 6.54 Å². The molecule has 0 saturated heterocycles. The first kappa shape index (κ1) is 15.9. The van der Waals surface area contributed by atoms with E-state index >= 15 is 0 Å². The third-order valence-corrected chi connectivity index (χ3v) is 4.15. The van der Waals surface area contributed by atoms with Crippen LogP contribution in [0.3, 0.4) is 0 Å². The highest BCUT2D eigenvalue weighted by Crippen LogP contribution is 2.37. The molecule has 9 heteroatoms. The van der Waals surface area contributed by atoms with Crippen molar-refractivity contribution in [2.45, 2.75) is 37.4 Å². The lowest BCUT2D eigenvalue weighted by atomic mass is 9.88. The molecule has 0 aromatic carbocycles. The largest absolute Gasteiger partial charge is 0.375 e. The third-order valence-electron chi connectivity index (χ3n) is 4.15. The van der Waals surface area contributed by atoms with Crippen molar-refractivity contribution in [1.82, 2.24) is 20.0 Å². The van der Waals surface area contributed by atoms with Crippen molar-refractivity contribution >= 4 is 11.8 Å². The summed E-state index contributed by atoms with van der Waals surface area (Å²) in [5, 5.41) is 6.73. The van der Waals surface area contributed by atoms with Crippen LogP contribution in [0.25, 0.3) is 0 Å². The van der Waals surface area contributed by atoms with Gasteiger partial charge in [0.2, 0.25) is 11.8 Å². The van der Waals surface area contributed by atoms with Gasteiger partial charge in [0.05, 0.1) is 18.8 Å². The molecule has 1 N–H and O–H groups in total. The Morgan fingerprint density at radius 2 is 2.22 bits per heavy atom. The van der Waals surface area contributed by atoms with Crippen molar-refractivity contribution < 1.29 is 23.1 Å². The number of rotatable bonds is 4. The lowest BCUT2D eigenvalue weighted by Gasteiger charge is -2.38. The van der Waals surface area contributed by atoms with Crippen molar-refractivity contribution in [3.05, 3.63) is 18.0 Å². The quantitative estimate of drug-likeness (QED) is 0.864. The van der Waals surface area contributed by atoms with Crippen LogP contribution in [0.15, 0.2) is 12.3 Å². The van der Waals surface area contributed by atoms with Crippen LogP contribution >= 0.6 is 0 Å². The number of ether oxygens (including phenoxy) is 1. The molecular weight excluding hydrogens is 310 g/mol. The molecule has 1 aliphatic heterocycles. The number of alkyl halides is 2.